The van der Waals surface area contributed by atoms with Crippen LogP contribution in [0.2, 0.25) is 0 Å². The summed E-state index contributed by atoms with van der Waals surface area (Å²) in [6, 6.07) is 8.52. The zero-order valence-electron chi connectivity index (χ0n) is 12.3. The van der Waals surface area contributed by atoms with Gasteiger partial charge in [-0.2, -0.15) is 0 Å². The summed E-state index contributed by atoms with van der Waals surface area (Å²) in [5, 5.41) is 0. The Hall–Kier alpha value is -1.10. The van der Waals surface area contributed by atoms with E-state index in [0.717, 1.165) is 25.8 Å². The van der Waals surface area contributed by atoms with Crippen molar-refractivity contribution in [3.63, 3.8) is 0 Å². The number of amides is 1. The van der Waals surface area contributed by atoms with Crippen molar-refractivity contribution in [3.8, 4) is 0 Å². The van der Waals surface area contributed by atoms with Crippen molar-refractivity contribution in [2.75, 3.05) is 13.1 Å². The van der Waals surface area contributed by atoms with Gasteiger partial charge in [0.05, 0.1) is 12.1 Å². The van der Waals surface area contributed by atoms with Gasteiger partial charge in [-0.1, -0.05) is 24.3 Å². The molecule has 3 atom stereocenters. The lowest BCUT2D eigenvalue weighted by Gasteiger charge is -2.36. The van der Waals surface area contributed by atoms with Gasteiger partial charge in [0.25, 0.3) is 5.91 Å². The summed E-state index contributed by atoms with van der Waals surface area (Å²) >= 11 is 0. The van der Waals surface area contributed by atoms with Crippen LogP contribution in [0.25, 0.3) is 0 Å². The number of hydrogen-bond donors (Lipinski definition) is 1. The molecule has 2 heterocycles. The zero-order valence-corrected chi connectivity index (χ0v) is 13.1. The minimum atomic E-state index is -0.295. The van der Waals surface area contributed by atoms with Gasteiger partial charge in [0, 0.05) is 13.1 Å². The van der Waals surface area contributed by atoms with Crippen molar-refractivity contribution in [2.24, 2.45) is 5.73 Å². The fourth-order valence-electron chi connectivity index (χ4n) is 3.32. The van der Waals surface area contributed by atoms with Crippen LogP contribution in [0.3, 0.4) is 0 Å². The first-order valence-corrected chi connectivity index (χ1v) is 7.44. The summed E-state index contributed by atoms with van der Waals surface area (Å²) in [5.41, 5.74) is 8.24. The maximum atomic E-state index is 12.6. The molecule has 2 N–H and O–H groups in total. The predicted octanol–water partition coefficient (Wildman–Crippen LogP) is 2.06. The van der Waals surface area contributed by atoms with Gasteiger partial charge in [-0.25, -0.2) is 0 Å². The van der Waals surface area contributed by atoms with E-state index in [1.54, 1.807) is 0 Å². The Morgan fingerprint density at radius 2 is 2.14 bits per heavy atom. The van der Waals surface area contributed by atoms with Crippen LogP contribution in [0.4, 0.5) is 0 Å². The number of carbonyl (C=O) groups excluding carboxylic acids is 1. The van der Waals surface area contributed by atoms with Crippen LogP contribution in [0.5, 0.6) is 0 Å². The molecular weight excluding hydrogens is 288 g/mol. The summed E-state index contributed by atoms with van der Waals surface area (Å²) in [6.07, 6.45) is 2.38. The highest BCUT2D eigenvalue weighted by molar-refractivity contribution is 5.85. The molecule has 0 spiro atoms. The number of halogens is 1. The average Bonchev–Trinajstić information content (AvgIpc) is 2.96. The van der Waals surface area contributed by atoms with Crippen molar-refractivity contribution in [2.45, 2.75) is 44.4 Å². The van der Waals surface area contributed by atoms with Crippen molar-refractivity contribution in [1.29, 1.82) is 0 Å². The van der Waals surface area contributed by atoms with E-state index in [9.17, 15) is 4.79 Å². The molecule has 2 aliphatic rings. The van der Waals surface area contributed by atoms with Crippen LogP contribution >= 0.6 is 12.4 Å². The molecular formula is C16H23ClN2O2. The van der Waals surface area contributed by atoms with Gasteiger partial charge in [-0.3, -0.25) is 4.79 Å². The minimum Gasteiger partial charge on any atom is -0.364 e. The molecule has 0 bridgehead atoms. The molecule has 5 heteroatoms. The molecule has 1 fully saturated rings. The van der Waals surface area contributed by atoms with E-state index in [4.69, 9.17) is 10.5 Å². The van der Waals surface area contributed by atoms with Crippen molar-refractivity contribution in [3.05, 3.63) is 35.4 Å². The maximum Gasteiger partial charge on any atom is 0.252 e. The molecule has 1 unspecified atom stereocenters. The molecule has 21 heavy (non-hydrogen) atoms. The SMILES string of the molecule is CC1c2ccccc2CCN1C(=O)[C@@H]1CC[C@H](CN)O1.Cl. The second kappa shape index (κ2) is 6.77. The van der Waals surface area contributed by atoms with Gasteiger partial charge in [0.1, 0.15) is 6.10 Å². The molecule has 1 amide bonds. The molecule has 116 valence electrons. The molecule has 3 rings (SSSR count). The number of nitrogens with zero attached hydrogens (tertiary/aromatic N) is 1. The average molecular weight is 311 g/mol. The Labute approximate surface area is 132 Å². The molecule has 0 saturated carbocycles. The third-order valence-electron chi connectivity index (χ3n) is 4.52. The quantitative estimate of drug-likeness (QED) is 0.909. The van der Waals surface area contributed by atoms with Crippen LogP contribution in [0.1, 0.15) is 36.9 Å². The molecule has 0 aromatic heterocycles. The second-order valence-corrected chi connectivity index (χ2v) is 5.72. The molecule has 4 nitrogen and oxygen atoms in total. The number of hydrogen-bond acceptors (Lipinski definition) is 3. The summed E-state index contributed by atoms with van der Waals surface area (Å²) < 4.78 is 5.75. The third-order valence-corrected chi connectivity index (χ3v) is 4.52. The number of fused-ring (bicyclic) bond motifs is 1. The molecule has 1 aromatic carbocycles. The molecule has 1 aromatic rings. The van der Waals surface area contributed by atoms with Gasteiger partial charge >= 0.3 is 0 Å². The topological polar surface area (TPSA) is 55.6 Å². The molecule has 2 aliphatic heterocycles. The fraction of sp³-hybridized carbons (Fsp3) is 0.562. The first kappa shape index (κ1) is 16.3. The number of rotatable bonds is 2. The molecule has 0 radical (unpaired) electrons. The van der Waals surface area contributed by atoms with Crippen molar-refractivity contribution >= 4 is 18.3 Å². The predicted molar refractivity (Wildman–Crippen MR) is 84.5 cm³/mol. The number of carbonyl (C=O) groups is 1. The van der Waals surface area contributed by atoms with Gasteiger partial charge < -0.3 is 15.4 Å². The highest BCUT2D eigenvalue weighted by Gasteiger charge is 2.36. The Bertz CT molecular complexity index is 509. The van der Waals surface area contributed by atoms with E-state index in [1.807, 2.05) is 11.0 Å². The Morgan fingerprint density at radius 3 is 2.86 bits per heavy atom. The number of ether oxygens (including phenoxy) is 1. The highest BCUT2D eigenvalue weighted by Crippen LogP contribution is 2.31. The number of benzene rings is 1. The second-order valence-electron chi connectivity index (χ2n) is 5.72. The normalized spacial score (nSPS) is 27.9. The number of nitrogens with two attached hydrogens (primary N) is 1. The van der Waals surface area contributed by atoms with Crippen molar-refractivity contribution < 1.29 is 9.53 Å². The molecule has 1 saturated heterocycles. The van der Waals surface area contributed by atoms with E-state index in [1.165, 1.54) is 11.1 Å². The van der Waals surface area contributed by atoms with E-state index in [0.29, 0.717) is 6.54 Å². The zero-order chi connectivity index (χ0) is 14.1. The van der Waals surface area contributed by atoms with Gasteiger partial charge in [0.15, 0.2) is 0 Å². The first-order chi connectivity index (χ1) is 9.70. The van der Waals surface area contributed by atoms with Crippen molar-refractivity contribution in [1.82, 2.24) is 4.90 Å². The van der Waals surface area contributed by atoms with Crippen LogP contribution in [0, 0.1) is 0 Å². The minimum absolute atomic E-state index is 0. The van der Waals surface area contributed by atoms with Crippen LogP contribution in [-0.2, 0) is 16.0 Å². The summed E-state index contributed by atoms with van der Waals surface area (Å²) in [6.45, 7) is 3.39. The smallest absolute Gasteiger partial charge is 0.252 e. The lowest BCUT2D eigenvalue weighted by atomic mass is 9.93. The lowest BCUT2D eigenvalue weighted by Crippen LogP contribution is -2.44. The summed E-state index contributed by atoms with van der Waals surface area (Å²) in [5.74, 6) is 0.128. The van der Waals surface area contributed by atoms with E-state index >= 15 is 0 Å². The standard InChI is InChI=1S/C16H22N2O2.ClH/c1-11-14-5-3-2-4-12(14)8-9-18(11)16(19)15-7-6-13(10-17)20-15;/h2-5,11,13,15H,6-10,17H2,1H3;1H/t11?,13-,15+;/m1./s1. The monoisotopic (exact) mass is 310 g/mol. The summed E-state index contributed by atoms with van der Waals surface area (Å²) in [4.78, 5) is 14.6. The fourth-order valence-corrected chi connectivity index (χ4v) is 3.32. The largest absolute Gasteiger partial charge is 0.364 e. The van der Waals surface area contributed by atoms with E-state index in [-0.39, 0.29) is 36.6 Å². The Morgan fingerprint density at radius 1 is 1.38 bits per heavy atom. The first-order valence-electron chi connectivity index (χ1n) is 7.44. The van der Waals surface area contributed by atoms with E-state index in [2.05, 4.69) is 25.1 Å². The van der Waals surface area contributed by atoms with Gasteiger partial charge in [-0.15, -0.1) is 12.4 Å². The Balaban J connectivity index is 0.00000161. The maximum absolute atomic E-state index is 12.6. The highest BCUT2D eigenvalue weighted by atomic mass is 35.5. The van der Waals surface area contributed by atoms with Gasteiger partial charge in [0.2, 0.25) is 0 Å². The lowest BCUT2D eigenvalue weighted by molar-refractivity contribution is -0.145. The Kier molecular flexibility index (Phi) is 5.25. The third kappa shape index (κ3) is 3.07. The molecule has 0 aliphatic carbocycles. The summed E-state index contributed by atoms with van der Waals surface area (Å²) in [7, 11) is 0. The van der Waals surface area contributed by atoms with Crippen LogP contribution < -0.4 is 5.73 Å². The van der Waals surface area contributed by atoms with Crippen LogP contribution in [0.15, 0.2) is 24.3 Å². The van der Waals surface area contributed by atoms with Crippen LogP contribution in [-0.4, -0.2) is 36.1 Å². The van der Waals surface area contributed by atoms with Gasteiger partial charge in [-0.05, 0) is 37.3 Å². The van der Waals surface area contributed by atoms with E-state index < -0.39 is 0 Å².